The second kappa shape index (κ2) is 9.51. The molecule has 0 bridgehead atoms. The number of phenolic OH excluding ortho intramolecular Hbond substituents is 3. The van der Waals surface area contributed by atoms with Crippen molar-refractivity contribution in [1.82, 2.24) is 0 Å². The van der Waals surface area contributed by atoms with Crippen LogP contribution in [-0.2, 0) is 38.5 Å². The van der Waals surface area contributed by atoms with Gasteiger partial charge in [0.05, 0.1) is 0 Å². The van der Waals surface area contributed by atoms with Crippen molar-refractivity contribution in [3.8, 4) is 17.2 Å². The standard InChI is InChI=1S/C26H30O3/c1-3-18-7-12-25(28)22(15-18)10-6-20-9-14-26(29)23(17-20)11-5-19-8-13-24(27)21(4-2)16-19/h7-9,12-17,27-29H,3-6,10-11H2,1-2H3. The van der Waals surface area contributed by atoms with Crippen molar-refractivity contribution >= 4 is 0 Å². The van der Waals surface area contributed by atoms with Crippen molar-refractivity contribution in [2.75, 3.05) is 0 Å². The van der Waals surface area contributed by atoms with Crippen molar-refractivity contribution in [3.05, 3.63) is 88.0 Å². The molecule has 0 saturated carbocycles. The van der Waals surface area contributed by atoms with Gasteiger partial charge < -0.3 is 15.3 Å². The SMILES string of the molecule is CCc1ccc(O)c(CCc2ccc(O)c(CCc3ccc(O)c(CC)c3)c2)c1. The Balaban J connectivity index is 1.68. The molecule has 0 aliphatic carbocycles. The molecule has 0 aliphatic heterocycles. The maximum atomic E-state index is 10.3. The van der Waals surface area contributed by atoms with Gasteiger partial charge in [0.15, 0.2) is 0 Å². The third-order valence-corrected chi connectivity index (χ3v) is 5.59. The van der Waals surface area contributed by atoms with Crippen LogP contribution in [0.4, 0.5) is 0 Å². The summed E-state index contributed by atoms with van der Waals surface area (Å²) in [5.74, 6) is 1.01. The van der Waals surface area contributed by atoms with Gasteiger partial charge in [-0.3, -0.25) is 0 Å². The van der Waals surface area contributed by atoms with E-state index >= 15 is 0 Å². The van der Waals surface area contributed by atoms with Gasteiger partial charge in [0.25, 0.3) is 0 Å². The van der Waals surface area contributed by atoms with Gasteiger partial charge in [-0.05, 0) is 90.1 Å². The Morgan fingerprint density at radius 2 is 0.897 bits per heavy atom. The second-order valence-corrected chi connectivity index (χ2v) is 7.60. The monoisotopic (exact) mass is 390 g/mol. The zero-order chi connectivity index (χ0) is 20.8. The van der Waals surface area contributed by atoms with E-state index < -0.39 is 0 Å². The molecule has 3 aromatic carbocycles. The van der Waals surface area contributed by atoms with Crippen LogP contribution in [0.5, 0.6) is 17.2 Å². The number of hydrogen-bond donors (Lipinski definition) is 3. The molecular formula is C26H30O3. The Morgan fingerprint density at radius 1 is 0.483 bits per heavy atom. The summed E-state index contributed by atoms with van der Waals surface area (Å²) < 4.78 is 0. The van der Waals surface area contributed by atoms with E-state index in [-0.39, 0.29) is 0 Å². The van der Waals surface area contributed by atoms with E-state index in [0.717, 1.165) is 66.3 Å². The van der Waals surface area contributed by atoms with Gasteiger partial charge in [0, 0.05) is 0 Å². The summed E-state index contributed by atoms with van der Waals surface area (Å²) in [6, 6.07) is 17.3. The van der Waals surface area contributed by atoms with Crippen LogP contribution in [0.15, 0.2) is 54.6 Å². The second-order valence-electron chi connectivity index (χ2n) is 7.60. The van der Waals surface area contributed by atoms with E-state index in [1.165, 1.54) is 5.56 Å². The van der Waals surface area contributed by atoms with Gasteiger partial charge in [-0.15, -0.1) is 0 Å². The zero-order valence-corrected chi connectivity index (χ0v) is 17.3. The van der Waals surface area contributed by atoms with Gasteiger partial charge in [0.1, 0.15) is 17.2 Å². The average molecular weight is 391 g/mol. The summed E-state index contributed by atoms with van der Waals surface area (Å²) in [7, 11) is 0. The molecule has 152 valence electrons. The molecule has 3 nitrogen and oxygen atoms in total. The van der Waals surface area contributed by atoms with Crippen LogP contribution in [0.3, 0.4) is 0 Å². The molecule has 0 aromatic heterocycles. The number of phenols is 3. The Labute approximate surface area is 173 Å². The summed E-state index contributed by atoms with van der Waals surface area (Å²) in [6.45, 7) is 4.14. The minimum absolute atomic E-state index is 0.319. The van der Waals surface area contributed by atoms with Crippen LogP contribution in [0.2, 0.25) is 0 Å². The lowest BCUT2D eigenvalue weighted by molar-refractivity contribution is 0.465. The molecule has 0 heterocycles. The summed E-state index contributed by atoms with van der Waals surface area (Å²) in [6.07, 6.45) is 4.88. The molecule has 3 heteroatoms. The van der Waals surface area contributed by atoms with E-state index in [1.807, 2.05) is 31.2 Å². The summed E-state index contributed by atoms with van der Waals surface area (Å²) in [4.78, 5) is 0. The number of hydrogen-bond acceptors (Lipinski definition) is 3. The normalized spacial score (nSPS) is 11.0. The van der Waals surface area contributed by atoms with E-state index in [0.29, 0.717) is 17.2 Å². The number of aromatic hydroxyl groups is 3. The first-order chi connectivity index (χ1) is 14.0. The lowest BCUT2D eigenvalue weighted by atomic mass is 9.96. The highest BCUT2D eigenvalue weighted by Crippen LogP contribution is 2.25. The quantitative estimate of drug-likeness (QED) is 0.476. The molecule has 0 fully saturated rings. The number of rotatable bonds is 8. The van der Waals surface area contributed by atoms with Gasteiger partial charge >= 0.3 is 0 Å². The maximum Gasteiger partial charge on any atom is 0.118 e. The fraction of sp³-hybridized carbons (Fsp3) is 0.308. The number of aryl methyl sites for hydroxylation is 6. The maximum absolute atomic E-state index is 10.3. The molecule has 0 unspecified atom stereocenters. The highest BCUT2D eigenvalue weighted by Gasteiger charge is 2.08. The van der Waals surface area contributed by atoms with Crippen LogP contribution in [0, 0.1) is 0 Å². The lowest BCUT2D eigenvalue weighted by Crippen LogP contribution is -1.97. The lowest BCUT2D eigenvalue weighted by Gasteiger charge is -2.11. The summed E-state index contributed by atoms with van der Waals surface area (Å²) in [5, 5.41) is 30.2. The summed E-state index contributed by atoms with van der Waals surface area (Å²) >= 11 is 0. The van der Waals surface area contributed by atoms with Crippen LogP contribution in [-0.4, -0.2) is 15.3 Å². The molecule has 0 radical (unpaired) electrons. The highest BCUT2D eigenvalue weighted by molar-refractivity contribution is 5.41. The minimum atomic E-state index is 0.319. The van der Waals surface area contributed by atoms with E-state index in [2.05, 4.69) is 19.1 Å². The van der Waals surface area contributed by atoms with Crippen molar-refractivity contribution in [1.29, 1.82) is 0 Å². The van der Waals surface area contributed by atoms with Crippen molar-refractivity contribution in [2.45, 2.75) is 52.4 Å². The number of benzene rings is 3. The Bertz CT molecular complexity index is 976. The van der Waals surface area contributed by atoms with Crippen LogP contribution in [0.25, 0.3) is 0 Å². The topological polar surface area (TPSA) is 60.7 Å². The molecule has 3 rings (SSSR count). The Hall–Kier alpha value is -2.94. The molecule has 0 amide bonds. The third kappa shape index (κ3) is 5.32. The molecule has 3 aromatic rings. The molecule has 0 spiro atoms. The predicted octanol–water partition coefficient (Wildman–Crippen LogP) is 5.50. The smallest absolute Gasteiger partial charge is 0.118 e. The fourth-order valence-corrected chi connectivity index (χ4v) is 3.69. The first-order valence-corrected chi connectivity index (χ1v) is 10.4. The fourth-order valence-electron chi connectivity index (χ4n) is 3.69. The van der Waals surface area contributed by atoms with E-state index in [9.17, 15) is 15.3 Å². The Morgan fingerprint density at radius 3 is 1.38 bits per heavy atom. The van der Waals surface area contributed by atoms with Crippen LogP contribution in [0.1, 0.15) is 47.2 Å². The van der Waals surface area contributed by atoms with Gasteiger partial charge in [-0.1, -0.05) is 50.2 Å². The van der Waals surface area contributed by atoms with Crippen molar-refractivity contribution in [3.63, 3.8) is 0 Å². The van der Waals surface area contributed by atoms with E-state index in [4.69, 9.17) is 0 Å². The average Bonchev–Trinajstić information content (AvgIpc) is 2.74. The highest BCUT2D eigenvalue weighted by atomic mass is 16.3. The molecule has 29 heavy (non-hydrogen) atoms. The van der Waals surface area contributed by atoms with Crippen molar-refractivity contribution < 1.29 is 15.3 Å². The first kappa shape index (κ1) is 20.8. The van der Waals surface area contributed by atoms with Gasteiger partial charge in [-0.25, -0.2) is 0 Å². The molecule has 0 atom stereocenters. The zero-order valence-electron chi connectivity index (χ0n) is 17.3. The van der Waals surface area contributed by atoms with Crippen LogP contribution < -0.4 is 0 Å². The van der Waals surface area contributed by atoms with Crippen molar-refractivity contribution in [2.24, 2.45) is 0 Å². The Kier molecular flexibility index (Phi) is 6.82. The third-order valence-electron chi connectivity index (χ3n) is 5.59. The summed E-state index contributed by atoms with van der Waals surface area (Å²) in [5.41, 5.74) is 6.39. The minimum Gasteiger partial charge on any atom is -0.508 e. The van der Waals surface area contributed by atoms with E-state index in [1.54, 1.807) is 18.2 Å². The molecular weight excluding hydrogens is 360 g/mol. The molecule has 3 N–H and O–H groups in total. The largest absolute Gasteiger partial charge is 0.508 e. The predicted molar refractivity (Wildman–Crippen MR) is 118 cm³/mol. The van der Waals surface area contributed by atoms with Gasteiger partial charge in [0.2, 0.25) is 0 Å². The molecule has 0 aliphatic rings. The van der Waals surface area contributed by atoms with Crippen LogP contribution >= 0.6 is 0 Å². The molecule has 0 saturated heterocycles. The first-order valence-electron chi connectivity index (χ1n) is 10.4. The van der Waals surface area contributed by atoms with Gasteiger partial charge in [-0.2, -0.15) is 0 Å².